The highest BCUT2D eigenvalue weighted by molar-refractivity contribution is 7.89. The lowest BCUT2D eigenvalue weighted by Gasteiger charge is -2.34. The molecule has 1 aromatic heterocycles. The highest BCUT2D eigenvalue weighted by Crippen LogP contribution is 2.19. The molecule has 7 nitrogen and oxygen atoms in total. The van der Waals surface area contributed by atoms with Crippen molar-refractivity contribution in [3.05, 3.63) is 52.2 Å². The summed E-state index contributed by atoms with van der Waals surface area (Å²) in [4.78, 5) is 23.0. The predicted molar refractivity (Wildman–Crippen MR) is 104 cm³/mol. The second kappa shape index (κ2) is 8.49. The first kappa shape index (κ1) is 20.0. The first-order valence-corrected chi connectivity index (χ1v) is 10.9. The van der Waals surface area contributed by atoms with Crippen molar-refractivity contribution in [2.75, 3.05) is 40.3 Å². The number of amides is 1. The normalized spacial score (nSPS) is 16.0. The maximum Gasteiger partial charge on any atom is 0.264 e. The number of rotatable bonds is 6. The number of thiophene rings is 1. The van der Waals surface area contributed by atoms with E-state index in [0.717, 1.165) is 24.1 Å². The molecule has 27 heavy (non-hydrogen) atoms. The van der Waals surface area contributed by atoms with E-state index in [4.69, 9.17) is 4.84 Å². The Morgan fingerprint density at radius 1 is 1.19 bits per heavy atom. The fraction of sp³-hybridized carbons (Fsp3) is 0.389. The Bertz CT molecular complexity index is 876. The number of carbonyl (C=O) groups is 1. The summed E-state index contributed by atoms with van der Waals surface area (Å²) in [6.45, 7) is 3.75. The summed E-state index contributed by atoms with van der Waals surface area (Å²) in [5.41, 5.74) is 0.368. The molecule has 9 heteroatoms. The van der Waals surface area contributed by atoms with E-state index in [9.17, 15) is 13.2 Å². The summed E-state index contributed by atoms with van der Waals surface area (Å²) in [6.07, 6.45) is 0. The van der Waals surface area contributed by atoms with E-state index in [1.165, 1.54) is 31.2 Å². The van der Waals surface area contributed by atoms with Crippen LogP contribution in [0.2, 0.25) is 0 Å². The van der Waals surface area contributed by atoms with Crippen LogP contribution < -0.4 is 0 Å². The molecule has 1 aliphatic heterocycles. The van der Waals surface area contributed by atoms with E-state index < -0.39 is 10.0 Å². The molecule has 0 saturated carbocycles. The topological polar surface area (TPSA) is 70.2 Å². The molecule has 1 aliphatic rings. The van der Waals surface area contributed by atoms with Crippen molar-refractivity contribution in [1.82, 2.24) is 14.3 Å². The Hall–Kier alpha value is -1.78. The third kappa shape index (κ3) is 4.56. The molecule has 146 valence electrons. The van der Waals surface area contributed by atoms with Crippen LogP contribution in [0.3, 0.4) is 0 Å². The number of piperazine rings is 1. The van der Waals surface area contributed by atoms with Gasteiger partial charge in [0.2, 0.25) is 0 Å². The van der Waals surface area contributed by atoms with Crippen LogP contribution in [-0.4, -0.2) is 68.9 Å². The quantitative estimate of drug-likeness (QED) is 0.682. The molecular weight excluding hydrogens is 386 g/mol. The van der Waals surface area contributed by atoms with Crippen LogP contribution in [0.25, 0.3) is 0 Å². The lowest BCUT2D eigenvalue weighted by atomic mass is 10.2. The van der Waals surface area contributed by atoms with Crippen molar-refractivity contribution in [1.29, 1.82) is 0 Å². The van der Waals surface area contributed by atoms with E-state index in [2.05, 4.69) is 16.3 Å². The fourth-order valence-corrected chi connectivity index (χ4v) is 4.72. The van der Waals surface area contributed by atoms with E-state index in [1.807, 2.05) is 6.07 Å². The average Bonchev–Trinajstić information content (AvgIpc) is 3.20. The third-order valence-electron chi connectivity index (χ3n) is 4.59. The largest absolute Gasteiger partial charge is 0.336 e. The zero-order chi connectivity index (χ0) is 19.4. The Labute approximate surface area is 163 Å². The van der Waals surface area contributed by atoms with Gasteiger partial charge in [0.1, 0.15) is 0 Å². The van der Waals surface area contributed by atoms with Gasteiger partial charge in [0.25, 0.3) is 15.9 Å². The van der Waals surface area contributed by atoms with Gasteiger partial charge < -0.3 is 4.90 Å². The van der Waals surface area contributed by atoms with E-state index in [1.54, 1.807) is 28.4 Å². The van der Waals surface area contributed by atoms with Crippen molar-refractivity contribution in [3.8, 4) is 0 Å². The van der Waals surface area contributed by atoms with Crippen LogP contribution in [0.15, 0.2) is 46.7 Å². The molecule has 1 saturated heterocycles. The summed E-state index contributed by atoms with van der Waals surface area (Å²) in [5, 5.41) is 2.07. The molecule has 3 rings (SSSR count). The van der Waals surface area contributed by atoms with Crippen LogP contribution in [0.5, 0.6) is 0 Å². The van der Waals surface area contributed by atoms with Crippen LogP contribution in [0, 0.1) is 0 Å². The van der Waals surface area contributed by atoms with E-state index in [0.29, 0.717) is 18.7 Å². The number of sulfonamides is 1. The van der Waals surface area contributed by atoms with Gasteiger partial charge >= 0.3 is 0 Å². The highest BCUT2D eigenvalue weighted by atomic mass is 32.2. The summed E-state index contributed by atoms with van der Waals surface area (Å²) in [7, 11) is -1.18. The van der Waals surface area contributed by atoms with Crippen LogP contribution in [0.1, 0.15) is 15.2 Å². The van der Waals surface area contributed by atoms with Gasteiger partial charge in [-0.1, -0.05) is 16.6 Å². The predicted octanol–water partition coefficient (Wildman–Crippen LogP) is 1.89. The van der Waals surface area contributed by atoms with Gasteiger partial charge in [-0.15, -0.1) is 11.3 Å². The van der Waals surface area contributed by atoms with Crippen molar-refractivity contribution in [2.45, 2.75) is 11.4 Å². The lowest BCUT2D eigenvalue weighted by Crippen LogP contribution is -2.48. The summed E-state index contributed by atoms with van der Waals surface area (Å²) in [5.74, 6) is -0.150. The maximum absolute atomic E-state index is 12.8. The standard InChI is InChI=1S/C18H23N3O4S2/c1-19(25-2)27(23,24)17-7-3-5-15(13-17)18(22)21-10-8-20(9-11-21)14-16-6-4-12-26-16/h3-7,12-13H,8-11,14H2,1-2H3. The van der Waals surface area contributed by atoms with Gasteiger partial charge in [0.15, 0.2) is 0 Å². The zero-order valence-corrected chi connectivity index (χ0v) is 17.0. The number of hydroxylamine groups is 1. The van der Waals surface area contributed by atoms with Gasteiger partial charge in [-0.25, -0.2) is 8.42 Å². The first-order valence-electron chi connectivity index (χ1n) is 8.59. The Morgan fingerprint density at radius 3 is 2.56 bits per heavy atom. The molecule has 0 aliphatic carbocycles. The molecule has 1 amide bonds. The van der Waals surface area contributed by atoms with Gasteiger partial charge in [0, 0.05) is 50.2 Å². The smallest absolute Gasteiger partial charge is 0.264 e. The highest BCUT2D eigenvalue weighted by Gasteiger charge is 2.25. The van der Waals surface area contributed by atoms with Gasteiger partial charge in [-0.3, -0.25) is 14.5 Å². The number of benzene rings is 1. The lowest BCUT2D eigenvalue weighted by molar-refractivity contribution is -0.0258. The fourth-order valence-electron chi connectivity index (χ4n) is 2.95. The monoisotopic (exact) mass is 409 g/mol. The van der Waals surface area contributed by atoms with Gasteiger partial charge in [-0.05, 0) is 29.6 Å². The summed E-state index contributed by atoms with van der Waals surface area (Å²) >= 11 is 1.74. The van der Waals surface area contributed by atoms with E-state index in [-0.39, 0.29) is 10.8 Å². The minimum Gasteiger partial charge on any atom is -0.336 e. The molecule has 0 N–H and O–H groups in total. The zero-order valence-electron chi connectivity index (χ0n) is 15.4. The van der Waals surface area contributed by atoms with Crippen LogP contribution in [-0.2, 0) is 21.4 Å². The molecule has 2 heterocycles. The Balaban J connectivity index is 1.66. The average molecular weight is 410 g/mol. The number of nitrogens with zero attached hydrogens (tertiary/aromatic N) is 3. The van der Waals surface area contributed by atoms with Crippen molar-refractivity contribution >= 4 is 27.3 Å². The Kier molecular flexibility index (Phi) is 6.28. The molecule has 0 radical (unpaired) electrons. The number of hydrogen-bond acceptors (Lipinski definition) is 6. The first-order chi connectivity index (χ1) is 12.9. The molecule has 0 spiro atoms. The number of carbonyl (C=O) groups excluding carboxylic acids is 1. The van der Waals surface area contributed by atoms with Gasteiger partial charge in [-0.2, -0.15) is 0 Å². The van der Waals surface area contributed by atoms with Crippen LogP contribution in [0.4, 0.5) is 0 Å². The minimum atomic E-state index is -3.78. The second-order valence-corrected chi connectivity index (χ2v) is 9.24. The summed E-state index contributed by atoms with van der Waals surface area (Å²) < 4.78 is 25.5. The minimum absolute atomic E-state index is 0.0361. The van der Waals surface area contributed by atoms with E-state index >= 15 is 0 Å². The van der Waals surface area contributed by atoms with Gasteiger partial charge in [0.05, 0.1) is 12.0 Å². The molecular formula is C18H23N3O4S2. The molecule has 1 aromatic carbocycles. The van der Waals surface area contributed by atoms with Crippen molar-refractivity contribution in [2.24, 2.45) is 0 Å². The number of hydrogen-bond donors (Lipinski definition) is 0. The van der Waals surface area contributed by atoms with Crippen LogP contribution >= 0.6 is 11.3 Å². The molecule has 1 fully saturated rings. The Morgan fingerprint density at radius 2 is 1.93 bits per heavy atom. The second-order valence-electron chi connectivity index (χ2n) is 6.27. The maximum atomic E-state index is 12.8. The third-order valence-corrected chi connectivity index (χ3v) is 7.13. The molecule has 0 bridgehead atoms. The molecule has 0 unspecified atom stereocenters. The summed E-state index contributed by atoms with van der Waals surface area (Å²) in [6, 6.07) is 10.3. The van der Waals surface area contributed by atoms with Crippen molar-refractivity contribution < 1.29 is 18.0 Å². The molecule has 2 aromatic rings. The SMILES string of the molecule is CON(C)S(=O)(=O)c1cccc(C(=O)N2CCN(Cc3cccs3)CC2)c1. The molecule has 0 atom stereocenters. The van der Waals surface area contributed by atoms with Crippen molar-refractivity contribution in [3.63, 3.8) is 0 Å².